The average molecular weight is 560 g/mol. The van der Waals surface area contributed by atoms with Crippen LogP contribution < -0.4 is 14.8 Å². The third-order valence-corrected chi connectivity index (χ3v) is 7.79. The normalized spacial score (nSPS) is 18.2. The lowest BCUT2D eigenvalue weighted by Gasteiger charge is -2.38. The van der Waals surface area contributed by atoms with E-state index >= 15 is 0 Å². The molecule has 194 valence electrons. The molecule has 1 aliphatic carbocycles. The highest BCUT2D eigenvalue weighted by atomic mass is 35.5. The van der Waals surface area contributed by atoms with E-state index in [0.29, 0.717) is 39.1 Å². The van der Waals surface area contributed by atoms with Gasteiger partial charge in [-0.25, -0.2) is 4.68 Å². The summed E-state index contributed by atoms with van der Waals surface area (Å²) in [6.07, 6.45) is 1.23. The van der Waals surface area contributed by atoms with Crippen LogP contribution in [0.1, 0.15) is 50.8 Å². The van der Waals surface area contributed by atoms with E-state index in [0.717, 1.165) is 34.6 Å². The topological polar surface area (TPSA) is 78.3 Å². The molecule has 0 bridgehead atoms. The zero-order valence-electron chi connectivity index (χ0n) is 21.1. The van der Waals surface area contributed by atoms with E-state index in [9.17, 15) is 4.79 Å². The van der Waals surface area contributed by atoms with Crippen LogP contribution >= 0.6 is 35.0 Å². The number of nitrogens with one attached hydrogen (secondary N) is 1. The number of fused-ring (bicyclic) bond motifs is 1. The molecule has 0 fully saturated rings. The number of ketones is 1. The first-order chi connectivity index (χ1) is 17.7. The van der Waals surface area contributed by atoms with Gasteiger partial charge in [0.1, 0.15) is 12.6 Å². The van der Waals surface area contributed by atoms with E-state index in [4.69, 9.17) is 42.8 Å². The van der Waals surface area contributed by atoms with Gasteiger partial charge < -0.3 is 14.8 Å². The molecule has 2 heterocycles. The molecule has 2 aliphatic rings. The molecule has 1 unspecified atom stereocenters. The summed E-state index contributed by atoms with van der Waals surface area (Å²) in [5, 5.41) is 9.94. The summed E-state index contributed by atoms with van der Waals surface area (Å²) in [7, 11) is 1.60. The molecule has 0 amide bonds. The second-order valence-corrected chi connectivity index (χ2v) is 12.0. The van der Waals surface area contributed by atoms with Gasteiger partial charge in [0.2, 0.25) is 11.1 Å². The van der Waals surface area contributed by atoms with E-state index in [-0.39, 0.29) is 17.8 Å². The Morgan fingerprint density at radius 1 is 1.16 bits per heavy atom. The zero-order valence-corrected chi connectivity index (χ0v) is 23.4. The van der Waals surface area contributed by atoms with Gasteiger partial charge in [-0.15, -0.1) is 5.10 Å². The van der Waals surface area contributed by atoms with Crippen LogP contribution in [0.3, 0.4) is 0 Å². The van der Waals surface area contributed by atoms with Crippen LogP contribution in [-0.4, -0.2) is 33.4 Å². The number of allylic oxidation sites excluding steroid dienone is 2. The summed E-state index contributed by atoms with van der Waals surface area (Å²) >= 11 is 13.9. The van der Waals surface area contributed by atoms with E-state index in [1.165, 1.54) is 0 Å². The molecule has 1 aliphatic heterocycles. The quantitative estimate of drug-likeness (QED) is 0.314. The minimum atomic E-state index is -0.415. The van der Waals surface area contributed by atoms with E-state index in [1.807, 2.05) is 28.9 Å². The lowest BCUT2D eigenvalue weighted by molar-refractivity contribution is -0.118. The number of anilines is 1. The maximum atomic E-state index is 13.5. The molecular weight excluding hydrogens is 531 g/mol. The van der Waals surface area contributed by atoms with Crippen molar-refractivity contribution in [3.05, 3.63) is 68.8 Å². The number of hydrogen-bond donors (Lipinski definition) is 1. The number of thioether (sulfide) groups is 1. The van der Waals surface area contributed by atoms with Gasteiger partial charge in [0.15, 0.2) is 17.3 Å². The van der Waals surface area contributed by atoms with Crippen LogP contribution in [0.5, 0.6) is 11.5 Å². The van der Waals surface area contributed by atoms with Crippen molar-refractivity contribution in [2.24, 2.45) is 5.41 Å². The number of nitrogens with zero attached hydrogens (tertiary/aromatic N) is 3. The maximum absolute atomic E-state index is 13.5. The van der Waals surface area contributed by atoms with Crippen LogP contribution in [0, 0.1) is 5.41 Å². The summed E-state index contributed by atoms with van der Waals surface area (Å²) < 4.78 is 13.6. The Kier molecular flexibility index (Phi) is 7.18. The number of hydrogen-bond acceptors (Lipinski definition) is 7. The Morgan fingerprint density at radius 2 is 1.97 bits per heavy atom. The van der Waals surface area contributed by atoms with Crippen molar-refractivity contribution in [2.45, 2.75) is 51.4 Å². The van der Waals surface area contributed by atoms with Gasteiger partial charge in [-0.3, -0.25) is 4.79 Å². The molecule has 7 nitrogen and oxygen atoms in total. The standard InChI is InChI=1S/C27H28Cl2N4O3S/c1-5-37-26-31-25-30-19-12-27(2,3)13-20(34)23(19)24(33(25)32-26)15-7-9-21(22(10-15)35-4)36-14-16-6-8-17(28)11-18(16)29/h6-11,24H,5,12-14H2,1-4H3,(H,30,31,32). The first-order valence-corrected chi connectivity index (χ1v) is 13.8. The van der Waals surface area contributed by atoms with Crippen molar-refractivity contribution < 1.29 is 14.3 Å². The number of carbonyl (C=O) groups excluding carboxylic acids is 1. The zero-order chi connectivity index (χ0) is 26.3. The molecule has 10 heteroatoms. The van der Waals surface area contributed by atoms with Gasteiger partial charge in [-0.1, -0.05) is 67.9 Å². The molecule has 1 atom stereocenters. The highest BCUT2D eigenvalue weighted by molar-refractivity contribution is 7.99. The molecule has 0 saturated heterocycles. The van der Waals surface area contributed by atoms with Gasteiger partial charge in [0.05, 0.1) is 7.11 Å². The first-order valence-electron chi connectivity index (χ1n) is 12.1. The third-order valence-electron chi connectivity index (χ3n) is 6.49. The number of halogens is 2. The monoisotopic (exact) mass is 558 g/mol. The smallest absolute Gasteiger partial charge is 0.227 e. The Labute approximate surface area is 230 Å². The number of carbonyl (C=O) groups is 1. The van der Waals surface area contributed by atoms with Gasteiger partial charge >= 0.3 is 0 Å². The van der Waals surface area contributed by atoms with Crippen molar-refractivity contribution in [3.8, 4) is 11.5 Å². The lowest BCUT2D eigenvalue weighted by atomic mass is 9.73. The van der Waals surface area contributed by atoms with E-state index in [1.54, 1.807) is 31.0 Å². The van der Waals surface area contributed by atoms with Crippen LogP contribution in [0.2, 0.25) is 10.0 Å². The van der Waals surface area contributed by atoms with Crippen LogP contribution in [-0.2, 0) is 11.4 Å². The highest BCUT2D eigenvalue weighted by Crippen LogP contribution is 2.46. The molecule has 2 aromatic carbocycles. The minimum Gasteiger partial charge on any atom is -0.493 e. The summed E-state index contributed by atoms with van der Waals surface area (Å²) in [6, 6.07) is 10.6. The summed E-state index contributed by atoms with van der Waals surface area (Å²) in [5.74, 6) is 2.73. The number of ether oxygens (including phenoxy) is 2. The number of Topliss-reactive ketones (excluding diaryl/α,β-unsaturated/α-hetero) is 1. The lowest BCUT2D eigenvalue weighted by Crippen LogP contribution is -2.36. The second kappa shape index (κ2) is 10.2. The fraction of sp³-hybridized carbons (Fsp3) is 0.370. The van der Waals surface area contributed by atoms with E-state index in [2.05, 4.69) is 26.1 Å². The van der Waals surface area contributed by atoms with Crippen LogP contribution in [0.4, 0.5) is 5.95 Å². The average Bonchev–Trinajstić information content (AvgIpc) is 3.23. The van der Waals surface area contributed by atoms with Gasteiger partial charge in [-0.05, 0) is 47.4 Å². The molecule has 0 radical (unpaired) electrons. The number of rotatable bonds is 7. The number of benzene rings is 2. The van der Waals surface area contributed by atoms with Crippen molar-refractivity contribution in [2.75, 3.05) is 18.2 Å². The maximum Gasteiger partial charge on any atom is 0.227 e. The first kappa shape index (κ1) is 25.9. The molecule has 1 aromatic heterocycles. The molecule has 0 saturated carbocycles. The van der Waals surface area contributed by atoms with Gasteiger partial charge in [-0.2, -0.15) is 4.98 Å². The van der Waals surface area contributed by atoms with Crippen molar-refractivity contribution >= 4 is 46.7 Å². The predicted molar refractivity (Wildman–Crippen MR) is 147 cm³/mol. The largest absolute Gasteiger partial charge is 0.493 e. The number of aromatic nitrogens is 3. The molecule has 1 N–H and O–H groups in total. The molecule has 5 rings (SSSR count). The van der Waals surface area contributed by atoms with E-state index < -0.39 is 6.04 Å². The molecule has 3 aromatic rings. The fourth-order valence-electron chi connectivity index (χ4n) is 4.86. The Morgan fingerprint density at radius 3 is 2.70 bits per heavy atom. The Bertz CT molecular complexity index is 1400. The summed E-state index contributed by atoms with van der Waals surface area (Å²) in [4.78, 5) is 18.2. The van der Waals surface area contributed by atoms with Crippen LogP contribution in [0.15, 0.2) is 52.8 Å². The Balaban J connectivity index is 1.52. The SMILES string of the molecule is CCSc1nc2n(n1)C(c1ccc(OCc3ccc(Cl)cc3Cl)c(OC)c1)C1=C(CC(C)(C)CC1=O)N2. The predicted octanol–water partition coefficient (Wildman–Crippen LogP) is 6.94. The molecule has 37 heavy (non-hydrogen) atoms. The Hall–Kier alpha value is -2.68. The fourth-order valence-corrected chi connectivity index (χ4v) is 5.87. The van der Waals surface area contributed by atoms with Crippen molar-refractivity contribution in [1.29, 1.82) is 0 Å². The summed E-state index contributed by atoms with van der Waals surface area (Å²) in [6.45, 7) is 6.55. The summed E-state index contributed by atoms with van der Waals surface area (Å²) in [5.41, 5.74) is 3.20. The van der Waals surface area contributed by atoms with Gasteiger partial charge in [0, 0.05) is 33.3 Å². The van der Waals surface area contributed by atoms with Crippen LogP contribution in [0.25, 0.3) is 0 Å². The van der Waals surface area contributed by atoms with Crippen molar-refractivity contribution in [1.82, 2.24) is 14.8 Å². The highest BCUT2D eigenvalue weighted by Gasteiger charge is 2.42. The van der Waals surface area contributed by atoms with Gasteiger partial charge in [0.25, 0.3) is 0 Å². The molecule has 0 spiro atoms. The third kappa shape index (κ3) is 5.19. The second-order valence-electron chi connectivity index (χ2n) is 9.89. The molecular formula is C27H28Cl2N4O3S. The minimum absolute atomic E-state index is 0.117. The van der Waals surface area contributed by atoms with Crippen molar-refractivity contribution in [3.63, 3.8) is 0 Å². The number of methoxy groups -OCH3 is 1.